The highest BCUT2D eigenvalue weighted by atomic mass is 19.4. The van der Waals surface area contributed by atoms with Crippen molar-refractivity contribution >= 4 is 11.8 Å². The van der Waals surface area contributed by atoms with Gasteiger partial charge in [-0.05, 0) is 61.1 Å². The van der Waals surface area contributed by atoms with Gasteiger partial charge in [-0.15, -0.1) is 0 Å². The minimum absolute atomic E-state index is 0.0672. The van der Waals surface area contributed by atoms with Crippen LogP contribution < -0.4 is 5.32 Å². The average Bonchev–Trinajstić information content (AvgIpc) is 3.51. The zero-order chi connectivity index (χ0) is 33.4. The minimum atomic E-state index is -4.97. The molecule has 1 saturated carbocycles. The number of alkyl halides is 6. The van der Waals surface area contributed by atoms with Crippen LogP contribution in [0.25, 0.3) is 11.3 Å². The molecule has 2 aliphatic heterocycles. The van der Waals surface area contributed by atoms with E-state index in [1.165, 1.54) is 18.6 Å². The Kier molecular flexibility index (Phi) is 9.17. The number of piperidine rings is 1. The molecule has 0 radical (unpaired) electrons. The molecule has 6 nitrogen and oxygen atoms in total. The van der Waals surface area contributed by atoms with E-state index < -0.39 is 35.1 Å². The first-order valence-electron chi connectivity index (χ1n) is 16.1. The molecule has 1 N–H and O–H groups in total. The lowest BCUT2D eigenvalue weighted by atomic mass is 9.79. The molecular formula is C35H37F6N3O3. The van der Waals surface area contributed by atoms with Gasteiger partial charge in [-0.25, -0.2) is 0 Å². The van der Waals surface area contributed by atoms with E-state index in [0.29, 0.717) is 62.7 Å². The lowest BCUT2D eigenvalue weighted by Gasteiger charge is -2.52. The van der Waals surface area contributed by atoms with Crippen molar-refractivity contribution in [1.29, 1.82) is 0 Å². The fourth-order valence-corrected chi connectivity index (χ4v) is 7.30. The quantitative estimate of drug-likeness (QED) is 0.263. The van der Waals surface area contributed by atoms with Gasteiger partial charge in [0.25, 0.3) is 0 Å². The summed E-state index contributed by atoms with van der Waals surface area (Å²) >= 11 is 0. The second-order valence-corrected chi connectivity index (χ2v) is 13.0. The van der Waals surface area contributed by atoms with Crippen LogP contribution in [0.4, 0.5) is 26.3 Å². The van der Waals surface area contributed by atoms with Gasteiger partial charge in [0.15, 0.2) is 0 Å². The summed E-state index contributed by atoms with van der Waals surface area (Å²) in [6.07, 6.45) is -2.97. The highest BCUT2D eigenvalue weighted by Crippen LogP contribution is 2.40. The number of likely N-dealkylation sites (tertiary alicyclic amines) is 1. The van der Waals surface area contributed by atoms with Crippen LogP contribution in [0.15, 0.2) is 65.1 Å². The maximum Gasteiger partial charge on any atom is 0.416 e. The normalized spacial score (nSPS) is 21.3. The van der Waals surface area contributed by atoms with Crippen LogP contribution in [0.1, 0.15) is 73.8 Å². The van der Waals surface area contributed by atoms with E-state index in [0.717, 1.165) is 31.2 Å². The van der Waals surface area contributed by atoms with Crippen LogP contribution in [-0.2, 0) is 35.0 Å². The van der Waals surface area contributed by atoms with Crippen molar-refractivity contribution in [2.75, 3.05) is 13.1 Å². The molecule has 47 heavy (non-hydrogen) atoms. The zero-order valence-corrected chi connectivity index (χ0v) is 25.8. The van der Waals surface area contributed by atoms with Gasteiger partial charge in [0.1, 0.15) is 23.1 Å². The fourth-order valence-electron chi connectivity index (χ4n) is 7.30. The first-order chi connectivity index (χ1) is 22.3. The predicted octanol–water partition coefficient (Wildman–Crippen LogP) is 7.82. The third kappa shape index (κ3) is 7.22. The van der Waals surface area contributed by atoms with Gasteiger partial charge in [0.2, 0.25) is 11.8 Å². The maximum absolute atomic E-state index is 14.0. The van der Waals surface area contributed by atoms with E-state index in [1.54, 1.807) is 4.90 Å². The predicted molar refractivity (Wildman–Crippen MR) is 162 cm³/mol. The van der Waals surface area contributed by atoms with Crippen LogP contribution in [0.5, 0.6) is 0 Å². The summed E-state index contributed by atoms with van der Waals surface area (Å²) in [6.45, 7) is 1.40. The summed E-state index contributed by atoms with van der Waals surface area (Å²) in [5.74, 6) is 0.433. The van der Waals surface area contributed by atoms with Gasteiger partial charge < -0.3 is 14.6 Å². The number of nitrogens with zero attached hydrogens (tertiary/aromatic N) is 2. The Labute approximate surface area is 269 Å². The number of furan rings is 1. The molecule has 6 rings (SSSR count). The second kappa shape index (κ2) is 13.0. The molecule has 3 aliphatic rings. The van der Waals surface area contributed by atoms with Crippen molar-refractivity contribution in [3.8, 4) is 11.3 Å². The molecule has 12 heteroatoms. The van der Waals surface area contributed by atoms with E-state index in [2.05, 4.69) is 5.32 Å². The number of benzene rings is 2. The number of hydrogen-bond acceptors (Lipinski definition) is 4. The van der Waals surface area contributed by atoms with Crippen LogP contribution in [0.2, 0.25) is 0 Å². The molecule has 252 valence electrons. The Morgan fingerprint density at radius 3 is 2.06 bits per heavy atom. The summed E-state index contributed by atoms with van der Waals surface area (Å²) in [4.78, 5) is 31.7. The van der Waals surface area contributed by atoms with Gasteiger partial charge in [0, 0.05) is 25.2 Å². The van der Waals surface area contributed by atoms with Crippen molar-refractivity contribution < 1.29 is 40.3 Å². The average molecular weight is 662 g/mol. The van der Waals surface area contributed by atoms with E-state index in [-0.39, 0.29) is 35.7 Å². The van der Waals surface area contributed by atoms with Gasteiger partial charge in [-0.1, -0.05) is 62.4 Å². The molecule has 1 spiro atoms. The van der Waals surface area contributed by atoms with Crippen LogP contribution >= 0.6 is 0 Å². The first-order valence-corrected chi connectivity index (χ1v) is 16.1. The van der Waals surface area contributed by atoms with Crippen molar-refractivity contribution in [2.45, 2.75) is 88.4 Å². The van der Waals surface area contributed by atoms with Crippen LogP contribution in [0.3, 0.4) is 0 Å². The van der Waals surface area contributed by atoms with Gasteiger partial charge in [-0.2, -0.15) is 26.3 Å². The van der Waals surface area contributed by atoms with E-state index >= 15 is 0 Å². The van der Waals surface area contributed by atoms with Crippen molar-refractivity contribution in [3.63, 3.8) is 0 Å². The third-order valence-corrected chi connectivity index (χ3v) is 9.88. The topological polar surface area (TPSA) is 65.8 Å². The molecule has 1 unspecified atom stereocenters. The molecule has 0 bridgehead atoms. The molecule has 2 aromatic carbocycles. The summed E-state index contributed by atoms with van der Waals surface area (Å²) in [5.41, 5.74) is -3.26. The van der Waals surface area contributed by atoms with Crippen molar-refractivity contribution in [1.82, 2.24) is 15.1 Å². The number of hydrogen-bond donors (Lipinski definition) is 1. The monoisotopic (exact) mass is 661 g/mol. The van der Waals surface area contributed by atoms with Gasteiger partial charge in [-0.3, -0.25) is 14.5 Å². The number of carbonyl (C=O) groups excluding carboxylic acids is 2. The SMILES string of the molecule is O=C1C(CC2CCCCC2)NC(=O)C2(CCN(Cc3ccc(-c4cc(C(F)(F)F)cc(C(F)(F)F)c4)o3)CC2)N1Cc1ccccc1. The lowest BCUT2D eigenvalue weighted by Crippen LogP contribution is -2.72. The molecule has 2 amide bonds. The van der Waals surface area contributed by atoms with E-state index in [4.69, 9.17) is 4.42 Å². The molecule has 1 aromatic heterocycles. The third-order valence-electron chi connectivity index (χ3n) is 9.88. The number of piperazine rings is 1. The Morgan fingerprint density at radius 2 is 1.45 bits per heavy atom. The number of rotatable bonds is 7. The van der Waals surface area contributed by atoms with E-state index in [9.17, 15) is 35.9 Å². The molecule has 1 atom stereocenters. The van der Waals surface area contributed by atoms with Crippen molar-refractivity contribution in [3.05, 3.63) is 83.1 Å². The molecule has 1 aliphatic carbocycles. The number of halogens is 6. The second-order valence-electron chi connectivity index (χ2n) is 13.0. The Hall–Kier alpha value is -3.80. The summed E-state index contributed by atoms with van der Waals surface area (Å²) < 4.78 is 86.1. The van der Waals surface area contributed by atoms with E-state index in [1.807, 2.05) is 35.2 Å². The zero-order valence-electron chi connectivity index (χ0n) is 25.8. The van der Waals surface area contributed by atoms with Crippen LogP contribution in [0, 0.1) is 5.92 Å². The largest absolute Gasteiger partial charge is 0.460 e. The summed E-state index contributed by atoms with van der Waals surface area (Å²) in [5, 5.41) is 3.08. The summed E-state index contributed by atoms with van der Waals surface area (Å²) in [6, 6.07) is 13.3. The Morgan fingerprint density at radius 1 is 0.809 bits per heavy atom. The highest BCUT2D eigenvalue weighted by molar-refractivity contribution is 6.00. The first kappa shape index (κ1) is 33.1. The number of amides is 2. The Bertz CT molecular complexity index is 1540. The molecule has 3 aromatic rings. The number of carbonyl (C=O) groups is 2. The standard InChI is InChI=1S/C35H37F6N3O3/c36-34(37,38)26-18-25(19-27(20-26)35(39,40)41)30-12-11-28(47-30)22-43-15-13-33(14-16-43)32(46)42-29(17-23-7-3-1-4-8-23)31(45)44(33)21-24-9-5-2-6-10-24/h2,5-6,9-12,18-20,23,29H,1,3-4,7-8,13-17,21-22H2,(H,42,46). The molecule has 3 fully saturated rings. The molecular weight excluding hydrogens is 624 g/mol. The van der Waals surface area contributed by atoms with Gasteiger partial charge >= 0.3 is 12.4 Å². The highest BCUT2D eigenvalue weighted by Gasteiger charge is 2.53. The van der Waals surface area contributed by atoms with Crippen LogP contribution in [-0.4, -0.2) is 46.3 Å². The van der Waals surface area contributed by atoms with Crippen molar-refractivity contribution in [2.24, 2.45) is 5.92 Å². The fraction of sp³-hybridized carbons (Fsp3) is 0.486. The maximum atomic E-state index is 14.0. The Balaban J connectivity index is 1.17. The minimum Gasteiger partial charge on any atom is -0.460 e. The summed E-state index contributed by atoms with van der Waals surface area (Å²) in [7, 11) is 0. The lowest BCUT2D eigenvalue weighted by molar-refractivity contribution is -0.163. The smallest absolute Gasteiger partial charge is 0.416 e. The molecule has 2 saturated heterocycles. The van der Waals surface area contributed by atoms with Gasteiger partial charge in [0.05, 0.1) is 17.7 Å². The number of nitrogens with one attached hydrogen (secondary N) is 1. The molecule has 3 heterocycles.